The van der Waals surface area contributed by atoms with Gasteiger partial charge in [-0.25, -0.2) is 0 Å². The normalized spacial score (nSPS) is 16.3. The van der Waals surface area contributed by atoms with Crippen molar-refractivity contribution in [1.82, 2.24) is 10.6 Å². The highest BCUT2D eigenvalue weighted by Crippen LogP contribution is 2.25. The van der Waals surface area contributed by atoms with Gasteiger partial charge >= 0.3 is 0 Å². The van der Waals surface area contributed by atoms with Gasteiger partial charge in [0.25, 0.3) is 0 Å². The summed E-state index contributed by atoms with van der Waals surface area (Å²) in [5.74, 6) is 0.0721. The number of carbonyl (C=O) groups excluding carboxylic acids is 1. The molecular weight excluding hydrogens is 250 g/mol. The maximum absolute atomic E-state index is 11.6. The van der Waals surface area contributed by atoms with Crippen molar-refractivity contribution in [3.05, 3.63) is 28.8 Å². The lowest BCUT2D eigenvalue weighted by molar-refractivity contribution is -0.119. The summed E-state index contributed by atoms with van der Waals surface area (Å²) in [6.45, 7) is 2.79. The minimum atomic E-state index is 0.0721. The molecule has 2 rings (SSSR count). The van der Waals surface area contributed by atoms with Crippen LogP contribution in [0.3, 0.4) is 0 Å². The molecule has 1 aromatic rings. The molecule has 0 aromatic heterocycles. The van der Waals surface area contributed by atoms with E-state index in [1.807, 2.05) is 25.2 Å². The van der Waals surface area contributed by atoms with Gasteiger partial charge in [0, 0.05) is 30.3 Å². The predicted octanol–water partition coefficient (Wildman–Crippen LogP) is 1.39. The van der Waals surface area contributed by atoms with Gasteiger partial charge in [-0.1, -0.05) is 17.7 Å². The Bertz CT molecular complexity index is 436. The number of hydrogen-bond acceptors (Lipinski definition) is 3. The zero-order valence-corrected chi connectivity index (χ0v) is 11.3. The van der Waals surface area contributed by atoms with E-state index in [4.69, 9.17) is 11.6 Å². The Kier molecular flexibility index (Phi) is 4.44. The number of halogens is 1. The van der Waals surface area contributed by atoms with Crippen molar-refractivity contribution in [3.8, 4) is 0 Å². The minimum Gasteiger partial charge on any atom is -0.362 e. The summed E-state index contributed by atoms with van der Waals surface area (Å²) in [6, 6.07) is 5.83. The summed E-state index contributed by atoms with van der Waals surface area (Å²) in [5, 5.41) is 6.72. The Morgan fingerprint density at radius 3 is 3.11 bits per heavy atom. The van der Waals surface area contributed by atoms with Crippen molar-refractivity contribution in [2.75, 3.05) is 31.6 Å². The fraction of sp³-hybridized carbons (Fsp3) is 0.462. The Morgan fingerprint density at radius 2 is 2.33 bits per heavy atom. The number of amides is 1. The first-order valence-corrected chi connectivity index (χ1v) is 6.53. The maximum Gasteiger partial charge on any atom is 0.239 e. The molecule has 5 heteroatoms. The standard InChI is InChI=1S/C13H18ClN3O/c1-15-8-10-3-4-11(14)7-12(10)17-6-2-5-16-13(18)9-17/h3-4,7,15H,2,5-6,8-9H2,1H3,(H,16,18). The number of nitrogens with one attached hydrogen (secondary N) is 2. The molecule has 0 aliphatic carbocycles. The number of anilines is 1. The molecule has 98 valence electrons. The number of benzene rings is 1. The molecule has 1 aromatic carbocycles. The maximum atomic E-state index is 11.6. The largest absolute Gasteiger partial charge is 0.362 e. The fourth-order valence-electron chi connectivity index (χ4n) is 2.18. The van der Waals surface area contributed by atoms with Crippen LogP contribution in [-0.4, -0.2) is 32.6 Å². The average molecular weight is 268 g/mol. The van der Waals surface area contributed by atoms with Gasteiger partial charge in [0.05, 0.1) is 6.54 Å². The molecule has 1 heterocycles. The van der Waals surface area contributed by atoms with Crippen LogP contribution >= 0.6 is 11.6 Å². The van der Waals surface area contributed by atoms with Gasteiger partial charge in [-0.2, -0.15) is 0 Å². The first-order chi connectivity index (χ1) is 8.70. The van der Waals surface area contributed by atoms with Gasteiger partial charge in [-0.15, -0.1) is 0 Å². The van der Waals surface area contributed by atoms with Gasteiger partial charge < -0.3 is 15.5 Å². The first kappa shape index (κ1) is 13.2. The van der Waals surface area contributed by atoms with Crippen molar-refractivity contribution in [2.45, 2.75) is 13.0 Å². The third-order valence-electron chi connectivity index (χ3n) is 3.02. The summed E-state index contributed by atoms with van der Waals surface area (Å²) in [4.78, 5) is 13.7. The fourth-order valence-corrected chi connectivity index (χ4v) is 2.35. The molecule has 4 nitrogen and oxygen atoms in total. The Labute approximate surface area is 112 Å². The Morgan fingerprint density at radius 1 is 1.50 bits per heavy atom. The number of nitrogens with zero attached hydrogens (tertiary/aromatic N) is 1. The SMILES string of the molecule is CNCc1ccc(Cl)cc1N1CCCNC(=O)C1. The first-order valence-electron chi connectivity index (χ1n) is 6.15. The van der Waals surface area contributed by atoms with Crippen LogP contribution in [0.2, 0.25) is 5.02 Å². The molecular formula is C13H18ClN3O. The molecule has 1 amide bonds. The zero-order chi connectivity index (χ0) is 13.0. The van der Waals surface area contributed by atoms with Crippen LogP contribution in [0.4, 0.5) is 5.69 Å². The molecule has 1 saturated heterocycles. The molecule has 18 heavy (non-hydrogen) atoms. The zero-order valence-electron chi connectivity index (χ0n) is 10.5. The quantitative estimate of drug-likeness (QED) is 0.870. The molecule has 1 aliphatic rings. The third-order valence-corrected chi connectivity index (χ3v) is 3.25. The highest BCUT2D eigenvalue weighted by Gasteiger charge is 2.17. The lowest BCUT2D eigenvalue weighted by Gasteiger charge is -2.24. The van der Waals surface area contributed by atoms with E-state index in [1.54, 1.807) is 0 Å². The van der Waals surface area contributed by atoms with E-state index in [-0.39, 0.29) is 5.91 Å². The van der Waals surface area contributed by atoms with Crippen molar-refractivity contribution in [1.29, 1.82) is 0 Å². The highest BCUT2D eigenvalue weighted by atomic mass is 35.5. The summed E-state index contributed by atoms with van der Waals surface area (Å²) in [7, 11) is 1.91. The number of rotatable bonds is 3. The molecule has 0 saturated carbocycles. The summed E-state index contributed by atoms with van der Waals surface area (Å²) >= 11 is 6.07. The summed E-state index contributed by atoms with van der Waals surface area (Å²) < 4.78 is 0. The van der Waals surface area contributed by atoms with Gasteiger partial charge in [0.15, 0.2) is 0 Å². The summed E-state index contributed by atoms with van der Waals surface area (Å²) in [6.07, 6.45) is 0.956. The Balaban J connectivity index is 2.28. The van der Waals surface area contributed by atoms with Crippen LogP contribution in [0.1, 0.15) is 12.0 Å². The summed E-state index contributed by atoms with van der Waals surface area (Å²) in [5.41, 5.74) is 2.21. The van der Waals surface area contributed by atoms with Crippen LogP contribution in [0.5, 0.6) is 0 Å². The second-order valence-corrected chi connectivity index (χ2v) is 4.86. The molecule has 0 radical (unpaired) electrons. The van der Waals surface area contributed by atoms with Crippen LogP contribution in [0, 0.1) is 0 Å². The van der Waals surface area contributed by atoms with Crippen molar-refractivity contribution in [3.63, 3.8) is 0 Å². The van der Waals surface area contributed by atoms with Gasteiger partial charge in [-0.3, -0.25) is 4.79 Å². The highest BCUT2D eigenvalue weighted by molar-refractivity contribution is 6.30. The molecule has 1 fully saturated rings. The van der Waals surface area contributed by atoms with E-state index in [0.717, 1.165) is 37.3 Å². The minimum absolute atomic E-state index is 0.0721. The van der Waals surface area contributed by atoms with E-state index < -0.39 is 0 Å². The smallest absolute Gasteiger partial charge is 0.239 e. The van der Waals surface area contributed by atoms with E-state index in [9.17, 15) is 4.79 Å². The van der Waals surface area contributed by atoms with Crippen LogP contribution in [-0.2, 0) is 11.3 Å². The molecule has 0 unspecified atom stereocenters. The molecule has 1 aliphatic heterocycles. The van der Waals surface area contributed by atoms with Gasteiger partial charge in [0.2, 0.25) is 5.91 Å². The number of hydrogen-bond donors (Lipinski definition) is 2. The molecule has 0 spiro atoms. The number of carbonyl (C=O) groups is 1. The van der Waals surface area contributed by atoms with Gasteiger partial charge in [-0.05, 0) is 31.2 Å². The Hall–Kier alpha value is -1.26. The monoisotopic (exact) mass is 267 g/mol. The van der Waals surface area contributed by atoms with Crippen LogP contribution in [0.15, 0.2) is 18.2 Å². The predicted molar refractivity (Wildman–Crippen MR) is 74.1 cm³/mol. The van der Waals surface area contributed by atoms with Crippen LogP contribution in [0.25, 0.3) is 0 Å². The molecule has 2 N–H and O–H groups in total. The lowest BCUT2D eigenvalue weighted by atomic mass is 10.1. The van der Waals surface area contributed by atoms with Crippen molar-refractivity contribution >= 4 is 23.2 Å². The lowest BCUT2D eigenvalue weighted by Crippen LogP contribution is -2.33. The molecule has 0 bridgehead atoms. The average Bonchev–Trinajstić information content (AvgIpc) is 2.56. The topological polar surface area (TPSA) is 44.4 Å². The van der Waals surface area contributed by atoms with E-state index in [2.05, 4.69) is 15.5 Å². The van der Waals surface area contributed by atoms with Crippen LogP contribution < -0.4 is 15.5 Å². The van der Waals surface area contributed by atoms with Crippen molar-refractivity contribution in [2.24, 2.45) is 0 Å². The van der Waals surface area contributed by atoms with E-state index in [1.165, 1.54) is 0 Å². The second-order valence-electron chi connectivity index (χ2n) is 4.43. The van der Waals surface area contributed by atoms with Crippen molar-refractivity contribution < 1.29 is 4.79 Å². The molecule has 0 atom stereocenters. The second kappa shape index (κ2) is 6.07. The van der Waals surface area contributed by atoms with E-state index in [0.29, 0.717) is 11.6 Å². The third kappa shape index (κ3) is 3.15. The van der Waals surface area contributed by atoms with E-state index >= 15 is 0 Å². The van der Waals surface area contributed by atoms with Gasteiger partial charge in [0.1, 0.15) is 0 Å².